The lowest BCUT2D eigenvalue weighted by molar-refractivity contribution is -0.380. The first-order valence-electron chi connectivity index (χ1n) is 5.35. The van der Waals surface area contributed by atoms with Crippen molar-refractivity contribution in [3.8, 4) is 5.00 Å². The highest BCUT2D eigenvalue weighted by atomic mass is 32.2. The van der Waals surface area contributed by atoms with Gasteiger partial charge in [0.15, 0.2) is 4.34 Å². The first kappa shape index (κ1) is 14.5. The van der Waals surface area contributed by atoms with Crippen molar-refractivity contribution >= 4 is 44.4 Å². The maximum atomic E-state index is 10.7. The van der Waals surface area contributed by atoms with Crippen LogP contribution in [0, 0.1) is 20.2 Å². The van der Waals surface area contributed by atoms with E-state index in [1.807, 2.05) is 0 Å². The molecule has 112 valence electrons. The zero-order chi connectivity index (χ0) is 15.7. The average molecular weight is 357 g/mol. The summed E-state index contributed by atoms with van der Waals surface area (Å²) in [5.41, 5.74) is 0. The lowest BCUT2D eigenvalue weighted by atomic mass is 10.6. The molecule has 0 unspecified atom stereocenters. The summed E-state index contributed by atoms with van der Waals surface area (Å²) in [5.74, 6) is 0. The summed E-state index contributed by atoms with van der Waals surface area (Å²) in [4.78, 5) is 24.2. The Kier molecular flexibility index (Phi) is 3.78. The highest BCUT2D eigenvalue weighted by Gasteiger charge is 2.19. The lowest BCUT2D eigenvalue weighted by Crippen LogP contribution is -1.95. The summed E-state index contributed by atoms with van der Waals surface area (Å²) in [6.07, 6.45) is 1.15. The Morgan fingerprint density at radius 2 is 1.91 bits per heavy atom. The molecule has 0 aliphatic rings. The van der Waals surface area contributed by atoms with Gasteiger partial charge in [-0.15, -0.1) is 5.10 Å². The van der Waals surface area contributed by atoms with E-state index in [9.17, 15) is 20.2 Å². The summed E-state index contributed by atoms with van der Waals surface area (Å²) in [5, 5.41) is 33.0. The van der Waals surface area contributed by atoms with E-state index in [-0.39, 0.29) is 10.0 Å². The summed E-state index contributed by atoms with van der Waals surface area (Å²) in [7, 11) is 0. The highest BCUT2D eigenvalue weighted by molar-refractivity contribution is 8.00. The van der Waals surface area contributed by atoms with Crippen LogP contribution < -0.4 is 0 Å². The molecule has 0 saturated heterocycles. The molecule has 0 atom stereocenters. The number of rotatable bonds is 5. The summed E-state index contributed by atoms with van der Waals surface area (Å²) < 4.78 is 1.71. The zero-order valence-corrected chi connectivity index (χ0v) is 12.7. The van der Waals surface area contributed by atoms with E-state index in [0.29, 0.717) is 14.5 Å². The standard InChI is InChI=1S/C8H3N7O4S3/c16-14(17)5-2-1-4(20-5)13-7(10-11-12-13)22-8-9-3-6(21-8)15(18)19/h1-3H. The number of thiophene rings is 1. The van der Waals surface area contributed by atoms with E-state index < -0.39 is 9.85 Å². The zero-order valence-electron chi connectivity index (χ0n) is 10.2. The number of nitrogens with zero attached hydrogens (tertiary/aromatic N) is 7. The molecule has 3 heterocycles. The Labute approximate surface area is 132 Å². The molecule has 14 heteroatoms. The fourth-order valence-electron chi connectivity index (χ4n) is 1.37. The molecule has 0 saturated carbocycles. The Hall–Kier alpha value is -2.45. The molecule has 0 amide bonds. The van der Waals surface area contributed by atoms with Gasteiger partial charge in [-0.1, -0.05) is 0 Å². The molecule has 0 aromatic carbocycles. The summed E-state index contributed by atoms with van der Waals surface area (Å²) >= 11 is 2.85. The van der Waals surface area contributed by atoms with Gasteiger partial charge in [-0.25, -0.2) is 4.98 Å². The van der Waals surface area contributed by atoms with Crippen LogP contribution >= 0.6 is 34.4 Å². The minimum Gasteiger partial charge on any atom is -0.258 e. The highest BCUT2D eigenvalue weighted by Crippen LogP contribution is 2.35. The number of tetrazole rings is 1. The van der Waals surface area contributed by atoms with Gasteiger partial charge in [-0.05, 0) is 50.9 Å². The molecule has 0 bridgehead atoms. The van der Waals surface area contributed by atoms with Crippen LogP contribution in [0.2, 0.25) is 0 Å². The Morgan fingerprint density at radius 3 is 2.55 bits per heavy atom. The summed E-state index contributed by atoms with van der Waals surface area (Å²) in [6, 6.07) is 2.87. The molecular weight excluding hydrogens is 354 g/mol. The average Bonchev–Trinajstić information content (AvgIpc) is 3.18. The smallest absolute Gasteiger partial charge is 0.258 e. The van der Waals surface area contributed by atoms with Crippen LogP contribution in [0.3, 0.4) is 0 Å². The van der Waals surface area contributed by atoms with Crippen molar-refractivity contribution in [2.24, 2.45) is 0 Å². The van der Waals surface area contributed by atoms with Crippen molar-refractivity contribution in [3.63, 3.8) is 0 Å². The molecule has 0 aliphatic carbocycles. The molecule has 0 radical (unpaired) electrons. The third-order valence-corrected chi connectivity index (χ3v) is 5.21. The van der Waals surface area contributed by atoms with Crippen molar-refractivity contribution in [1.82, 2.24) is 25.2 Å². The molecular formula is C8H3N7O4S3. The fourth-order valence-corrected chi connectivity index (χ4v) is 3.87. The number of hydrogen-bond acceptors (Lipinski definition) is 11. The Bertz CT molecular complexity index is 855. The van der Waals surface area contributed by atoms with Crippen LogP contribution in [0.15, 0.2) is 27.8 Å². The Morgan fingerprint density at radius 1 is 1.14 bits per heavy atom. The van der Waals surface area contributed by atoms with Crippen molar-refractivity contribution in [3.05, 3.63) is 38.6 Å². The van der Waals surface area contributed by atoms with E-state index in [0.717, 1.165) is 40.6 Å². The van der Waals surface area contributed by atoms with Gasteiger partial charge in [-0.3, -0.25) is 20.2 Å². The monoisotopic (exact) mass is 357 g/mol. The first-order chi connectivity index (χ1) is 10.5. The molecule has 0 fully saturated rings. The van der Waals surface area contributed by atoms with Crippen molar-refractivity contribution in [2.45, 2.75) is 9.50 Å². The van der Waals surface area contributed by atoms with Crippen LogP contribution in [-0.4, -0.2) is 35.0 Å². The van der Waals surface area contributed by atoms with E-state index >= 15 is 0 Å². The van der Waals surface area contributed by atoms with Gasteiger partial charge < -0.3 is 0 Å². The van der Waals surface area contributed by atoms with Gasteiger partial charge in [0.2, 0.25) is 5.16 Å². The number of hydrogen-bond donors (Lipinski definition) is 0. The minimum absolute atomic E-state index is 0.0358. The lowest BCUT2D eigenvalue weighted by Gasteiger charge is -1.97. The largest absolute Gasteiger partial charge is 0.344 e. The van der Waals surface area contributed by atoms with Crippen molar-refractivity contribution in [1.29, 1.82) is 0 Å². The minimum atomic E-state index is -0.534. The van der Waals surface area contributed by atoms with E-state index in [2.05, 4.69) is 20.5 Å². The van der Waals surface area contributed by atoms with Crippen LogP contribution in [0.1, 0.15) is 0 Å². The van der Waals surface area contributed by atoms with Gasteiger partial charge in [0, 0.05) is 6.07 Å². The van der Waals surface area contributed by atoms with Gasteiger partial charge in [0.05, 0.1) is 9.85 Å². The second-order valence-corrected chi connectivity index (χ2v) is 6.83. The van der Waals surface area contributed by atoms with E-state index in [4.69, 9.17) is 0 Å². The third kappa shape index (κ3) is 2.78. The van der Waals surface area contributed by atoms with Gasteiger partial charge in [0.1, 0.15) is 11.2 Å². The molecule has 0 aliphatic heterocycles. The van der Waals surface area contributed by atoms with E-state index in [1.165, 1.54) is 16.8 Å². The molecule has 0 spiro atoms. The molecule has 0 N–H and O–H groups in total. The molecule has 3 aromatic heterocycles. The molecule has 3 aromatic rings. The van der Waals surface area contributed by atoms with Gasteiger partial charge >= 0.3 is 10.0 Å². The summed E-state index contributed by atoms with van der Waals surface area (Å²) in [6.45, 7) is 0. The Balaban J connectivity index is 1.87. The number of nitro groups is 2. The maximum absolute atomic E-state index is 10.7. The normalized spacial score (nSPS) is 10.7. The van der Waals surface area contributed by atoms with Crippen LogP contribution in [0.25, 0.3) is 5.00 Å². The fraction of sp³-hybridized carbons (Fsp3) is 0. The molecule has 22 heavy (non-hydrogen) atoms. The van der Waals surface area contributed by atoms with Crippen LogP contribution in [0.4, 0.5) is 10.0 Å². The SMILES string of the molecule is O=[N+]([O-])c1ccc(-n2nnnc2Sc2ncc([N+](=O)[O-])s2)s1. The van der Waals surface area contributed by atoms with Crippen LogP contribution in [0.5, 0.6) is 0 Å². The predicted molar refractivity (Wildman–Crippen MR) is 76.6 cm³/mol. The van der Waals surface area contributed by atoms with Gasteiger partial charge in [0.25, 0.3) is 0 Å². The predicted octanol–water partition coefficient (Wildman–Crippen LogP) is 2.15. The molecule has 11 nitrogen and oxygen atoms in total. The van der Waals surface area contributed by atoms with Gasteiger partial charge in [-0.2, -0.15) is 4.68 Å². The molecule has 3 rings (SSSR count). The van der Waals surface area contributed by atoms with Crippen LogP contribution in [-0.2, 0) is 0 Å². The van der Waals surface area contributed by atoms with Crippen molar-refractivity contribution < 1.29 is 9.85 Å². The topological polar surface area (TPSA) is 143 Å². The number of aromatic nitrogens is 5. The van der Waals surface area contributed by atoms with E-state index in [1.54, 1.807) is 0 Å². The second kappa shape index (κ2) is 5.74. The maximum Gasteiger partial charge on any atom is 0.344 e. The first-order valence-corrected chi connectivity index (χ1v) is 7.80. The second-order valence-electron chi connectivity index (χ2n) is 3.57. The quantitative estimate of drug-likeness (QED) is 0.495. The number of thiazole rings is 1. The third-order valence-electron chi connectivity index (χ3n) is 2.24. The van der Waals surface area contributed by atoms with Crippen molar-refractivity contribution in [2.75, 3.05) is 0 Å².